The Labute approximate surface area is 148 Å². The molecule has 9 heteroatoms. The number of fused-ring (bicyclic) bond motifs is 1. The Hall–Kier alpha value is -1.12. The van der Waals surface area contributed by atoms with Crippen molar-refractivity contribution in [3.05, 3.63) is 22.2 Å². The van der Waals surface area contributed by atoms with Crippen LogP contribution in [0.15, 0.2) is 12.1 Å². The number of imidazole rings is 1. The third-order valence-corrected chi connectivity index (χ3v) is 4.60. The number of anilines is 1. The predicted octanol–water partition coefficient (Wildman–Crippen LogP) is 2.75. The summed E-state index contributed by atoms with van der Waals surface area (Å²) in [5.74, 6) is 0.372. The first kappa shape index (κ1) is 17.7. The minimum absolute atomic E-state index is 0.0320. The zero-order valence-electron chi connectivity index (χ0n) is 13.1. The van der Waals surface area contributed by atoms with E-state index in [1.165, 1.54) is 4.57 Å². The van der Waals surface area contributed by atoms with Gasteiger partial charge in [-0.2, -0.15) is 0 Å². The normalized spacial score (nSPS) is 27.3. The quantitative estimate of drug-likeness (QED) is 0.763. The van der Waals surface area contributed by atoms with Crippen molar-refractivity contribution in [3.63, 3.8) is 0 Å². The fraction of sp³-hybridized carbons (Fsp3) is 0.533. The summed E-state index contributed by atoms with van der Waals surface area (Å²) in [4.78, 5) is 4.43. The molecular weight excluding hydrogens is 360 g/mol. The lowest BCUT2D eigenvalue weighted by atomic mass is 10.1. The van der Waals surface area contributed by atoms with E-state index in [0.717, 1.165) is 0 Å². The van der Waals surface area contributed by atoms with Crippen molar-refractivity contribution in [2.45, 2.75) is 44.5 Å². The summed E-state index contributed by atoms with van der Waals surface area (Å²) in [5.41, 5.74) is 1.04. The number of nitrogens with one attached hydrogen (secondary N) is 1. The average molecular weight is 378 g/mol. The van der Waals surface area contributed by atoms with Gasteiger partial charge in [-0.05, 0) is 26.0 Å². The number of ether oxygens (including phenoxy) is 1. The van der Waals surface area contributed by atoms with E-state index in [4.69, 9.17) is 27.9 Å². The molecule has 1 aliphatic heterocycles. The highest BCUT2D eigenvalue weighted by atomic mass is 35.5. The van der Waals surface area contributed by atoms with Gasteiger partial charge >= 0.3 is 0 Å². The summed E-state index contributed by atoms with van der Waals surface area (Å²) >= 11 is 12.1. The SMILES string of the molecule is CC(C)Nc1nc2cc(Cl)c(Cl)cc2n1C1OC(CO)C(O)C1F. The molecule has 1 aromatic heterocycles. The molecule has 2 heterocycles. The monoisotopic (exact) mass is 377 g/mol. The Bertz CT molecular complexity index is 755. The van der Waals surface area contributed by atoms with Crippen LogP contribution in [0.3, 0.4) is 0 Å². The van der Waals surface area contributed by atoms with Gasteiger partial charge in [0, 0.05) is 6.04 Å². The molecular formula is C15H18Cl2FN3O3. The van der Waals surface area contributed by atoms with Crippen molar-refractivity contribution in [3.8, 4) is 0 Å². The number of alkyl halides is 1. The average Bonchev–Trinajstić information content (AvgIpc) is 2.97. The van der Waals surface area contributed by atoms with Crippen molar-refractivity contribution in [1.82, 2.24) is 9.55 Å². The van der Waals surface area contributed by atoms with Crippen LogP contribution in [0.1, 0.15) is 20.1 Å². The van der Waals surface area contributed by atoms with Gasteiger partial charge in [0.15, 0.2) is 12.4 Å². The van der Waals surface area contributed by atoms with Gasteiger partial charge in [0.2, 0.25) is 5.95 Å². The third-order valence-electron chi connectivity index (χ3n) is 3.88. The molecule has 24 heavy (non-hydrogen) atoms. The Morgan fingerprint density at radius 1 is 1.38 bits per heavy atom. The first-order valence-corrected chi connectivity index (χ1v) is 8.31. The van der Waals surface area contributed by atoms with Gasteiger partial charge in [-0.1, -0.05) is 23.2 Å². The first-order valence-electron chi connectivity index (χ1n) is 7.55. The van der Waals surface area contributed by atoms with Gasteiger partial charge in [-0.15, -0.1) is 0 Å². The number of hydrogen-bond donors (Lipinski definition) is 3. The molecule has 132 valence electrons. The third kappa shape index (κ3) is 2.95. The van der Waals surface area contributed by atoms with E-state index < -0.39 is 31.2 Å². The molecule has 0 amide bonds. The van der Waals surface area contributed by atoms with E-state index in [1.54, 1.807) is 12.1 Å². The number of hydrogen-bond acceptors (Lipinski definition) is 5. The molecule has 1 aliphatic rings. The molecule has 1 aromatic carbocycles. The van der Waals surface area contributed by atoms with Gasteiger partial charge in [-0.3, -0.25) is 4.57 Å². The summed E-state index contributed by atoms with van der Waals surface area (Å²) in [6.45, 7) is 3.35. The number of aliphatic hydroxyl groups is 2. The van der Waals surface area contributed by atoms with E-state index >= 15 is 0 Å². The molecule has 3 rings (SSSR count). The highest BCUT2D eigenvalue weighted by Gasteiger charge is 2.46. The minimum atomic E-state index is -1.72. The highest BCUT2D eigenvalue weighted by Crippen LogP contribution is 2.38. The summed E-state index contributed by atoms with van der Waals surface area (Å²) < 4.78 is 21.6. The van der Waals surface area contributed by atoms with Crippen LogP contribution >= 0.6 is 23.2 Å². The smallest absolute Gasteiger partial charge is 0.206 e. The second-order valence-corrected chi connectivity index (χ2v) is 6.86. The number of benzene rings is 1. The Kier molecular flexibility index (Phi) is 4.90. The second-order valence-electron chi connectivity index (χ2n) is 6.04. The molecule has 2 aromatic rings. The predicted molar refractivity (Wildman–Crippen MR) is 90.4 cm³/mol. The minimum Gasteiger partial charge on any atom is -0.394 e. The number of halogens is 3. The van der Waals surface area contributed by atoms with Crippen molar-refractivity contribution in [1.29, 1.82) is 0 Å². The standard InChI is InChI=1S/C15H18Cl2FN3O3/c1-6(2)19-15-20-9-3-7(16)8(17)4-10(9)21(15)14-12(18)13(23)11(5-22)24-14/h3-4,6,11-14,22-23H,5H2,1-2H3,(H,19,20). The molecule has 0 radical (unpaired) electrons. The van der Waals surface area contributed by atoms with Crippen molar-refractivity contribution < 1.29 is 19.3 Å². The lowest BCUT2D eigenvalue weighted by molar-refractivity contribution is -0.0450. The van der Waals surface area contributed by atoms with Crippen LogP contribution in [0.2, 0.25) is 10.0 Å². The van der Waals surface area contributed by atoms with Crippen LogP contribution in [0.5, 0.6) is 0 Å². The molecule has 6 nitrogen and oxygen atoms in total. The van der Waals surface area contributed by atoms with Gasteiger partial charge < -0.3 is 20.3 Å². The van der Waals surface area contributed by atoms with E-state index in [9.17, 15) is 14.6 Å². The molecule has 4 unspecified atom stereocenters. The molecule has 0 spiro atoms. The summed E-state index contributed by atoms with van der Waals surface area (Å²) in [6.07, 6.45) is -5.29. The van der Waals surface area contributed by atoms with Gasteiger partial charge in [0.1, 0.15) is 12.2 Å². The Morgan fingerprint density at radius 2 is 2.04 bits per heavy atom. The van der Waals surface area contributed by atoms with Crippen LogP contribution in [0.25, 0.3) is 11.0 Å². The molecule has 3 N–H and O–H groups in total. The van der Waals surface area contributed by atoms with Crippen molar-refractivity contribution in [2.75, 3.05) is 11.9 Å². The molecule has 0 bridgehead atoms. The second kappa shape index (κ2) is 6.65. The fourth-order valence-corrected chi connectivity index (χ4v) is 3.09. The van der Waals surface area contributed by atoms with E-state index in [0.29, 0.717) is 27.0 Å². The van der Waals surface area contributed by atoms with Gasteiger partial charge in [-0.25, -0.2) is 9.37 Å². The largest absolute Gasteiger partial charge is 0.394 e. The Morgan fingerprint density at radius 3 is 2.62 bits per heavy atom. The zero-order valence-corrected chi connectivity index (χ0v) is 14.6. The summed E-state index contributed by atoms with van der Waals surface area (Å²) in [7, 11) is 0. The summed E-state index contributed by atoms with van der Waals surface area (Å²) in [5, 5.41) is 22.9. The molecule has 1 saturated heterocycles. The maximum absolute atomic E-state index is 14.6. The van der Waals surface area contributed by atoms with Gasteiger partial charge in [0.25, 0.3) is 0 Å². The maximum Gasteiger partial charge on any atom is 0.206 e. The molecule has 4 atom stereocenters. The van der Waals surface area contributed by atoms with Crippen molar-refractivity contribution >= 4 is 40.2 Å². The lowest BCUT2D eigenvalue weighted by Gasteiger charge is -2.20. The van der Waals surface area contributed by atoms with E-state index in [2.05, 4.69) is 10.3 Å². The van der Waals surface area contributed by atoms with Crippen LogP contribution in [0, 0.1) is 0 Å². The first-order chi connectivity index (χ1) is 11.3. The number of rotatable bonds is 4. The zero-order chi connectivity index (χ0) is 17.6. The number of aromatic nitrogens is 2. The molecule has 0 saturated carbocycles. The number of nitrogens with zero attached hydrogens (tertiary/aromatic N) is 2. The molecule has 1 fully saturated rings. The van der Waals surface area contributed by atoms with E-state index in [-0.39, 0.29) is 6.04 Å². The topological polar surface area (TPSA) is 79.5 Å². The van der Waals surface area contributed by atoms with Crippen LogP contribution < -0.4 is 5.32 Å². The van der Waals surface area contributed by atoms with Gasteiger partial charge in [0.05, 0.1) is 27.7 Å². The summed E-state index contributed by atoms with van der Waals surface area (Å²) in [6, 6.07) is 3.19. The van der Waals surface area contributed by atoms with Crippen molar-refractivity contribution in [2.24, 2.45) is 0 Å². The fourth-order valence-electron chi connectivity index (χ4n) is 2.77. The van der Waals surface area contributed by atoms with Crippen LogP contribution in [0.4, 0.5) is 10.3 Å². The van der Waals surface area contributed by atoms with E-state index in [1.807, 2.05) is 13.8 Å². The van der Waals surface area contributed by atoms with Crippen LogP contribution in [-0.2, 0) is 4.74 Å². The Balaban J connectivity index is 2.15. The molecule has 0 aliphatic carbocycles. The van der Waals surface area contributed by atoms with Crippen LogP contribution in [-0.4, -0.2) is 50.8 Å². The highest BCUT2D eigenvalue weighted by molar-refractivity contribution is 6.42. The lowest BCUT2D eigenvalue weighted by Crippen LogP contribution is -2.30. The maximum atomic E-state index is 14.6. The number of aliphatic hydroxyl groups excluding tert-OH is 2.